The van der Waals surface area contributed by atoms with Gasteiger partial charge in [0, 0.05) is 6.54 Å². The van der Waals surface area contributed by atoms with Crippen molar-refractivity contribution in [2.45, 2.75) is 39.3 Å². The highest BCUT2D eigenvalue weighted by molar-refractivity contribution is 7.88. The second kappa shape index (κ2) is 8.09. The lowest BCUT2D eigenvalue weighted by Gasteiger charge is -2.27. The van der Waals surface area contributed by atoms with Gasteiger partial charge in [0.2, 0.25) is 15.9 Å². The van der Waals surface area contributed by atoms with Crippen LogP contribution in [0.4, 0.5) is 5.13 Å². The van der Waals surface area contributed by atoms with Crippen molar-refractivity contribution in [1.29, 1.82) is 0 Å². The van der Waals surface area contributed by atoms with Crippen LogP contribution in [0.3, 0.4) is 0 Å². The third-order valence-corrected chi connectivity index (χ3v) is 8.03. The lowest BCUT2D eigenvalue weighted by Crippen LogP contribution is -2.47. The van der Waals surface area contributed by atoms with Crippen LogP contribution in [-0.4, -0.2) is 42.5 Å². The Morgan fingerprint density at radius 1 is 1.17 bits per heavy atom. The number of thiazole rings is 1. The summed E-state index contributed by atoms with van der Waals surface area (Å²) in [5, 5.41) is 0.608. The Kier molecular flexibility index (Phi) is 5.65. The lowest BCUT2D eigenvalue weighted by molar-refractivity contribution is -0.121. The molecule has 0 N–H and O–H groups in total. The molecule has 1 aromatic heterocycles. The van der Waals surface area contributed by atoms with Gasteiger partial charge in [-0.25, -0.2) is 13.4 Å². The highest BCUT2D eigenvalue weighted by Gasteiger charge is 2.39. The van der Waals surface area contributed by atoms with Crippen molar-refractivity contribution in [3.63, 3.8) is 0 Å². The summed E-state index contributed by atoms with van der Waals surface area (Å²) < 4.78 is 26.9. The first-order chi connectivity index (χ1) is 14.3. The highest BCUT2D eigenvalue weighted by Crippen LogP contribution is 2.35. The molecule has 3 aromatic rings. The van der Waals surface area contributed by atoms with Gasteiger partial charge in [-0.3, -0.25) is 9.69 Å². The van der Waals surface area contributed by atoms with Crippen LogP contribution < -0.4 is 4.90 Å². The van der Waals surface area contributed by atoms with E-state index in [2.05, 4.69) is 6.07 Å². The van der Waals surface area contributed by atoms with Gasteiger partial charge in [0.25, 0.3) is 0 Å². The summed E-state index contributed by atoms with van der Waals surface area (Å²) in [6, 6.07) is 13.1. The zero-order valence-electron chi connectivity index (χ0n) is 17.3. The molecule has 0 bridgehead atoms. The quantitative estimate of drug-likeness (QED) is 0.600. The number of fused-ring (bicyclic) bond motifs is 1. The molecule has 0 aliphatic carbocycles. The average Bonchev–Trinajstić information content (AvgIpc) is 3.37. The number of hydrogen-bond donors (Lipinski definition) is 0. The van der Waals surface area contributed by atoms with Gasteiger partial charge in [0.05, 0.1) is 23.0 Å². The number of carbonyl (C=O) groups excluding carboxylic acids is 1. The number of nitrogens with zero attached hydrogens (tertiary/aromatic N) is 3. The molecule has 6 nitrogen and oxygen atoms in total. The smallest absolute Gasteiger partial charge is 0.247 e. The normalized spacial score (nSPS) is 17.5. The van der Waals surface area contributed by atoms with E-state index in [0.29, 0.717) is 31.1 Å². The number of amides is 1. The predicted octanol–water partition coefficient (Wildman–Crippen LogP) is 3.87. The van der Waals surface area contributed by atoms with Crippen LogP contribution in [0.15, 0.2) is 42.5 Å². The molecule has 0 saturated carbocycles. The number of carbonyl (C=O) groups is 1. The van der Waals surface area contributed by atoms with E-state index < -0.39 is 16.1 Å². The van der Waals surface area contributed by atoms with Crippen LogP contribution in [0.5, 0.6) is 0 Å². The van der Waals surface area contributed by atoms with E-state index in [1.807, 2.05) is 50.2 Å². The maximum atomic E-state index is 13.6. The molecule has 1 atom stereocenters. The number of aromatic nitrogens is 1. The molecule has 158 valence electrons. The Hall–Kier alpha value is -2.29. The van der Waals surface area contributed by atoms with E-state index in [9.17, 15) is 13.2 Å². The van der Waals surface area contributed by atoms with Gasteiger partial charge in [0.1, 0.15) is 6.04 Å². The molecule has 2 heterocycles. The molecule has 1 saturated heterocycles. The molecule has 0 spiro atoms. The largest absolute Gasteiger partial charge is 0.282 e. The summed E-state index contributed by atoms with van der Waals surface area (Å²) in [5.74, 6) is -0.212. The van der Waals surface area contributed by atoms with Crippen LogP contribution in [0.25, 0.3) is 10.2 Å². The maximum Gasteiger partial charge on any atom is 0.247 e. The molecule has 0 radical (unpaired) electrons. The number of sulfonamides is 1. The van der Waals surface area contributed by atoms with Gasteiger partial charge in [-0.1, -0.05) is 53.8 Å². The van der Waals surface area contributed by atoms with Crippen molar-refractivity contribution in [2.75, 3.05) is 17.7 Å². The van der Waals surface area contributed by atoms with Gasteiger partial charge < -0.3 is 0 Å². The zero-order valence-corrected chi connectivity index (χ0v) is 19.0. The molecule has 1 amide bonds. The van der Waals surface area contributed by atoms with Crippen molar-refractivity contribution < 1.29 is 13.2 Å². The number of hydrogen-bond acceptors (Lipinski definition) is 5. The maximum absolute atomic E-state index is 13.6. The molecule has 30 heavy (non-hydrogen) atoms. The molecule has 8 heteroatoms. The summed E-state index contributed by atoms with van der Waals surface area (Å²) >= 11 is 1.49. The second-order valence-corrected chi connectivity index (χ2v) is 10.7. The molecule has 1 fully saturated rings. The van der Waals surface area contributed by atoms with E-state index in [1.54, 1.807) is 4.90 Å². The summed E-state index contributed by atoms with van der Waals surface area (Å²) in [5.41, 5.74) is 4.05. The molecule has 2 aromatic carbocycles. The number of benzene rings is 2. The Labute approximate surface area is 181 Å². The van der Waals surface area contributed by atoms with Crippen LogP contribution in [0.2, 0.25) is 0 Å². The van der Waals surface area contributed by atoms with Crippen molar-refractivity contribution in [2.24, 2.45) is 0 Å². The fourth-order valence-corrected chi connectivity index (χ4v) is 6.17. The summed E-state index contributed by atoms with van der Waals surface area (Å²) in [7, 11) is -3.45. The topological polar surface area (TPSA) is 70.6 Å². The Morgan fingerprint density at radius 3 is 2.53 bits per heavy atom. The van der Waals surface area contributed by atoms with Gasteiger partial charge in [-0.05, 0) is 43.4 Å². The number of aryl methyl sites for hydroxylation is 2. The third kappa shape index (κ3) is 3.99. The molecule has 1 aliphatic heterocycles. The van der Waals surface area contributed by atoms with E-state index in [4.69, 9.17) is 4.98 Å². The van der Waals surface area contributed by atoms with Crippen molar-refractivity contribution >= 4 is 42.6 Å². The Morgan fingerprint density at radius 2 is 1.87 bits per heavy atom. The van der Waals surface area contributed by atoms with Crippen molar-refractivity contribution in [3.8, 4) is 0 Å². The molecule has 4 rings (SSSR count). The van der Waals surface area contributed by atoms with Crippen molar-refractivity contribution in [3.05, 3.63) is 59.2 Å². The third-order valence-electron chi connectivity index (χ3n) is 5.53. The SMILES string of the molecule is Cc1ccc(C)c2sc(N(Cc3ccccc3)C(=O)C3CCCN3S(C)(=O)=O)nc12. The van der Waals surface area contributed by atoms with E-state index in [-0.39, 0.29) is 5.91 Å². The van der Waals surface area contributed by atoms with Crippen LogP contribution >= 0.6 is 11.3 Å². The molecule has 1 aliphatic rings. The first-order valence-electron chi connectivity index (χ1n) is 9.94. The molecule has 1 unspecified atom stereocenters. The fraction of sp³-hybridized carbons (Fsp3) is 0.364. The second-order valence-electron chi connectivity index (χ2n) is 7.82. The zero-order chi connectivity index (χ0) is 21.5. The van der Waals surface area contributed by atoms with E-state index >= 15 is 0 Å². The Bertz CT molecular complexity index is 1150. The van der Waals surface area contributed by atoms with Gasteiger partial charge in [-0.15, -0.1) is 0 Å². The number of rotatable bonds is 5. The average molecular weight is 444 g/mol. The minimum absolute atomic E-state index is 0.212. The fourth-order valence-electron chi connectivity index (χ4n) is 3.93. The molecular formula is C22H25N3O3S2. The van der Waals surface area contributed by atoms with Crippen LogP contribution in [0.1, 0.15) is 29.5 Å². The van der Waals surface area contributed by atoms with Gasteiger partial charge in [0.15, 0.2) is 5.13 Å². The number of anilines is 1. The lowest BCUT2D eigenvalue weighted by atomic mass is 10.1. The first-order valence-corrected chi connectivity index (χ1v) is 12.6. The predicted molar refractivity (Wildman–Crippen MR) is 121 cm³/mol. The summed E-state index contributed by atoms with van der Waals surface area (Å²) in [6.07, 6.45) is 2.38. The highest BCUT2D eigenvalue weighted by atomic mass is 32.2. The minimum atomic E-state index is -3.45. The van der Waals surface area contributed by atoms with Crippen LogP contribution in [-0.2, 0) is 21.4 Å². The Balaban J connectivity index is 1.78. The standard InChI is InChI=1S/C22H25N3O3S2/c1-15-11-12-16(2)20-19(15)23-22(29-20)24(14-17-8-5-4-6-9-17)21(26)18-10-7-13-25(18)30(3,27)28/h4-6,8-9,11-12,18H,7,10,13-14H2,1-3H3. The van der Waals surface area contributed by atoms with Crippen LogP contribution in [0, 0.1) is 13.8 Å². The summed E-state index contributed by atoms with van der Waals surface area (Å²) in [6.45, 7) is 4.78. The summed E-state index contributed by atoms with van der Waals surface area (Å²) in [4.78, 5) is 20.1. The van der Waals surface area contributed by atoms with Gasteiger partial charge >= 0.3 is 0 Å². The van der Waals surface area contributed by atoms with E-state index in [1.165, 1.54) is 21.9 Å². The molecular weight excluding hydrogens is 418 g/mol. The van der Waals surface area contributed by atoms with E-state index in [0.717, 1.165) is 26.9 Å². The minimum Gasteiger partial charge on any atom is -0.282 e. The first kappa shape index (κ1) is 21.0. The van der Waals surface area contributed by atoms with Gasteiger partial charge in [-0.2, -0.15) is 4.31 Å². The monoisotopic (exact) mass is 443 g/mol. The van der Waals surface area contributed by atoms with Crippen molar-refractivity contribution in [1.82, 2.24) is 9.29 Å².